The van der Waals surface area contributed by atoms with Crippen LogP contribution in [-0.4, -0.2) is 21.0 Å². The van der Waals surface area contributed by atoms with Gasteiger partial charge in [-0.1, -0.05) is 12.1 Å². The van der Waals surface area contributed by atoms with Crippen molar-refractivity contribution in [1.82, 2.24) is 9.78 Å². The minimum Gasteiger partial charge on any atom is -0.298 e. The van der Waals surface area contributed by atoms with Gasteiger partial charge < -0.3 is 0 Å². The average Bonchev–Trinajstić information content (AvgIpc) is 2.89. The summed E-state index contributed by atoms with van der Waals surface area (Å²) in [5, 5.41) is 15.8. The Kier molecular flexibility index (Phi) is 2.98. The second-order valence-electron chi connectivity index (χ2n) is 4.74. The molecule has 0 aliphatic carbocycles. The molecule has 3 rings (SSSR count). The van der Waals surface area contributed by atoms with E-state index in [4.69, 9.17) is 0 Å². The van der Waals surface area contributed by atoms with Crippen molar-refractivity contribution in [3.63, 3.8) is 0 Å². The van der Waals surface area contributed by atoms with Crippen LogP contribution < -0.4 is 0 Å². The van der Waals surface area contributed by atoms with E-state index in [-0.39, 0.29) is 5.69 Å². The second-order valence-corrected chi connectivity index (χ2v) is 4.74. The predicted molar refractivity (Wildman–Crippen MR) is 77.8 cm³/mol. The smallest absolute Gasteiger partial charge is 0.280 e. The van der Waals surface area contributed by atoms with Crippen molar-refractivity contribution in [1.29, 1.82) is 0 Å². The van der Waals surface area contributed by atoms with Crippen LogP contribution in [0.4, 0.5) is 5.69 Å². The van der Waals surface area contributed by atoms with Gasteiger partial charge in [-0.25, -0.2) is 4.68 Å². The van der Waals surface area contributed by atoms with Gasteiger partial charge in [0.25, 0.3) is 5.69 Å². The number of carbonyl (C=O) groups excluding carboxylic acids is 1. The molecule has 0 N–H and O–H groups in total. The number of non-ortho nitro benzene ring substituents is 1. The van der Waals surface area contributed by atoms with Crippen molar-refractivity contribution >= 4 is 22.9 Å². The van der Waals surface area contributed by atoms with E-state index < -0.39 is 4.92 Å². The molecule has 0 aliphatic rings. The van der Waals surface area contributed by atoms with E-state index in [1.807, 2.05) is 6.07 Å². The summed E-state index contributed by atoms with van der Waals surface area (Å²) in [6, 6.07) is 10.3. The summed E-state index contributed by atoms with van der Waals surface area (Å²) in [5.74, 6) is 0. The number of carbonyl (C=O) groups is 1. The molecule has 0 bridgehead atoms. The number of fused-ring (bicyclic) bond motifs is 1. The summed E-state index contributed by atoms with van der Waals surface area (Å²) in [7, 11) is 0. The van der Waals surface area contributed by atoms with Crippen LogP contribution in [0, 0.1) is 17.0 Å². The third-order valence-electron chi connectivity index (χ3n) is 3.26. The summed E-state index contributed by atoms with van der Waals surface area (Å²) >= 11 is 0. The molecule has 0 aliphatic heterocycles. The fraction of sp³-hybridized carbons (Fsp3) is 0.0667. The van der Waals surface area contributed by atoms with Crippen LogP contribution in [0.25, 0.3) is 16.6 Å². The molecule has 0 atom stereocenters. The number of benzene rings is 2. The Morgan fingerprint density at radius 3 is 2.81 bits per heavy atom. The van der Waals surface area contributed by atoms with Crippen molar-refractivity contribution in [2.24, 2.45) is 0 Å². The lowest BCUT2D eigenvalue weighted by Crippen LogP contribution is -1.97. The Morgan fingerprint density at radius 1 is 1.29 bits per heavy atom. The normalized spacial score (nSPS) is 10.7. The first-order chi connectivity index (χ1) is 10.1. The molecule has 21 heavy (non-hydrogen) atoms. The van der Waals surface area contributed by atoms with Gasteiger partial charge in [0.1, 0.15) is 6.29 Å². The number of nitro groups is 1. The highest BCUT2D eigenvalue weighted by Gasteiger charge is 2.17. The van der Waals surface area contributed by atoms with Crippen molar-refractivity contribution in [2.75, 3.05) is 0 Å². The Hall–Kier alpha value is -3.02. The number of hydrogen-bond donors (Lipinski definition) is 0. The van der Waals surface area contributed by atoms with Gasteiger partial charge in [-0.15, -0.1) is 0 Å². The van der Waals surface area contributed by atoms with Gasteiger partial charge >= 0.3 is 0 Å². The molecule has 0 fully saturated rings. The van der Waals surface area contributed by atoms with Gasteiger partial charge in [0.05, 0.1) is 27.7 Å². The van der Waals surface area contributed by atoms with E-state index in [1.165, 1.54) is 12.3 Å². The third-order valence-corrected chi connectivity index (χ3v) is 3.26. The molecule has 3 aromatic rings. The number of aromatic nitrogens is 2. The van der Waals surface area contributed by atoms with Gasteiger partial charge in [0, 0.05) is 11.6 Å². The molecule has 0 saturated carbocycles. The molecular weight excluding hydrogens is 270 g/mol. The van der Waals surface area contributed by atoms with Crippen LogP contribution >= 0.6 is 0 Å². The van der Waals surface area contributed by atoms with E-state index in [1.54, 1.807) is 35.9 Å². The fourth-order valence-corrected chi connectivity index (χ4v) is 2.33. The van der Waals surface area contributed by atoms with Crippen LogP contribution in [0.1, 0.15) is 15.9 Å². The SMILES string of the molecule is Cc1cc([N+](=O)[O-])c2cnn(-c3cccc(C=O)c3)c2c1. The number of aryl methyl sites for hydroxylation is 1. The van der Waals surface area contributed by atoms with Crippen LogP contribution in [0.2, 0.25) is 0 Å². The van der Waals surface area contributed by atoms with Crippen molar-refractivity contribution in [2.45, 2.75) is 6.92 Å². The Bertz CT molecular complexity index is 868. The number of nitro benzene ring substituents is 1. The van der Waals surface area contributed by atoms with Crippen molar-refractivity contribution in [3.05, 3.63) is 63.8 Å². The van der Waals surface area contributed by atoms with Crippen LogP contribution in [0.3, 0.4) is 0 Å². The van der Waals surface area contributed by atoms with E-state index in [2.05, 4.69) is 5.10 Å². The van der Waals surface area contributed by atoms with E-state index in [0.717, 1.165) is 11.8 Å². The quantitative estimate of drug-likeness (QED) is 0.420. The summed E-state index contributed by atoms with van der Waals surface area (Å²) in [4.78, 5) is 21.6. The number of hydrogen-bond acceptors (Lipinski definition) is 4. The largest absolute Gasteiger partial charge is 0.298 e. The average molecular weight is 281 g/mol. The molecular formula is C15H11N3O3. The molecule has 1 aromatic heterocycles. The molecule has 104 valence electrons. The lowest BCUT2D eigenvalue weighted by atomic mass is 10.1. The Balaban J connectivity index is 2.29. The fourth-order valence-electron chi connectivity index (χ4n) is 2.33. The molecule has 0 amide bonds. The van der Waals surface area contributed by atoms with Gasteiger partial charge in [0.2, 0.25) is 0 Å². The maximum atomic E-state index is 11.1. The molecule has 0 radical (unpaired) electrons. The van der Waals surface area contributed by atoms with E-state index in [9.17, 15) is 14.9 Å². The maximum absolute atomic E-state index is 11.1. The number of rotatable bonds is 3. The standard InChI is InChI=1S/C15H11N3O3/c1-10-5-14-13(15(6-10)18(20)21)8-16-17(14)12-4-2-3-11(7-12)9-19/h2-9H,1H3. The zero-order chi connectivity index (χ0) is 15.0. The highest BCUT2D eigenvalue weighted by molar-refractivity contribution is 5.90. The second kappa shape index (κ2) is 4.82. The lowest BCUT2D eigenvalue weighted by molar-refractivity contribution is -0.383. The van der Waals surface area contributed by atoms with Crippen LogP contribution in [0.15, 0.2) is 42.6 Å². The lowest BCUT2D eigenvalue weighted by Gasteiger charge is -2.05. The monoisotopic (exact) mass is 281 g/mol. The van der Waals surface area contributed by atoms with Crippen LogP contribution in [-0.2, 0) is 0 Å². The van der Waals surface area contributed by atoms with Gasteiger partial charge in [-0.05, 0) is 30.7 Å². The van der Waals surface area contributed by atoms with Gasteiger partial charge in [-0.3, -0.25) is 14.9 Å². The molecule has 0 unspecified atom stereocenters. The summed E-state index contributed by atoms with van der Waals surface area (Å²) in [6.45, 7) is 1.80. The molecule has 6 heteroatoms. The number of nitrogens with zero attached hydrogens (tertiary/aromatic N) is 3. The van der Waals surface area contributed by atoms with E-state index >= 15 is 0 Å². The molecule has 0 saturated heterocycles. The van der Waals surface area contributed by atoms with Gasteiger partial charge in [-0.2, -0.15) is 5.10 Å². The third kappa shape index (κ3) is 2.16. The zero-order valence-corrected chi connectivity index (χ0v) is 11.2. The maximum Gasteiger partial charge on any atom is 0.280 e. The minimum atomic E-state index is -0.413. The molecule has 1 heterocycles. The highest BCUT2D eigenvalue weighted by atomic mass is 16.6. The first kappa shape index (κ1) is 13.0. The zero-order valence-electron chi connectivity index (χ0n) is 11.2. The van der Waals surface area contributed by atoms with Crippen molar-refractivity contribution < 1.29 is 9.72 Å². The summed E-state index contributed by atoms with van der Waals surface area (Å²) in [6.07, 6.45) is 2.23. The first-order valence-corrected chi connectivity index (χ1v) is 6.28. The first-order valence-electron chi connectivity index (χ1n) is 6.28. The van der Waals surface area contributed by atoms with Crippen molar-refractivity contribution in [3.8, 4) is 5.69 Å². The molecule has 0 spiro atoms. The Labute approximate surface area is 119 Å². The van der Waals surface area contributed by atoms with Gasteiger partial charge in [0.15, 0.2) is 0 Å². The Morgan fingerprint density at radius 2 is 2.10 bits per heavy atom. The summed E-state index contributed by atoms with van der Waals surface area (Å²) in [5.41, 5.74) is 2.67. The summed E-state index contributed by atoms with van der Waals surface area (Å²) < 4.78 is 1.60. The predicted octanol–water partition coefficient (Wildman–Crippen LogP) is 3.05. The molecule has 2 aromatic carbocycles. The minimum absolute atomic E-state index is 0.0304. The highest BCUT2D eigenvalue weighted by Crippen LogP contribution is 2.28. The topological polar surface area (TPSA) is 78.0 Å². The van der Waals surface area contributed by atoms with E-state index in [0.29, 0.717) is 22.2 Å². The van der Waals surface area contributed by atoms with Crippen LogP contribution in [0.5, 0.6) is 0 Å². The molecule has 6 nitrogen and oxygen atoms in total. The number of aldehydes is 1.